The topological polar surface area (TPSA) is 75.6 Å². The summed E-state index contributed by atoms with van der Waals surface area (Å²) in [5.74, 6) is -0.827. The molecule has 0 bridgehead atoms. The normalized spacial score (nSPS) is 28.8. The highest BCUT2D eigenvalue weighted by molar-refractivity contribution is 5.83. The minimum atomic E-state index is -0.706. The molecule has 0 spiro atoms. The van der Waals surface area contributed by atoms with Crippen molar-refractivity contribution in [3.8, 4) is 0 Å². The predicted octanol–water partition coefficient (Wildman–Crippen LogP) is 2.34. The van der Waals surface area contributed by atoms with Crippen LogP contribution in [0.5, 0.6) is 0 Å². The third kappa shape index (κ3) is 3.96. The van der Waals surface area contributed by atoms with Crippen LogP contribution in [0, 0.1) is 11.3 Å². The Morgan fingerprint density at radius 1 is 1.14 bits per heavy atom. The third-order valence-electron chi connectivity index (χ3n) is 5.12. The zero-order chi connectivity index (χ0) is 15.3. The second kappa shape index (κ2) is 7.25. The summed E-state index contributed by atoms with van der Waals surface area (Å²) in [6.07, 6.45) is 8.04. The van der Waals surface area contributed by atoms with E-state index in [0.717, 1.165) is 38.5 Å². The summed E-state index contributed by atoms with van der Waals surface area (Å²) in [7, 11) is 1.65. The lowest BCUT2D eigenvalue weighted by molar-refractivity contribution is -0.143. The van der Waals surface area contributed by atoms with Gasteiger partial charge in [0.05, 0.1) is 17.9 Å². The first kappa shape index (κ1) is 16.3. The minimum absolute atomic E-state index is 0.114. The average molecular weight is 297 g/mol. The van der Waals surface area contributed by atoms with E-state index in [9.17, 15) is 9.59 Å². The van der Waals surface area contributed by atoms with Gasteiger partial charge in [0, 0.05) is 13.2 Å². The summed E-state index contributed by atoms with van der Waals surface area (Å²) in [6, 6.07) is 0.128. The lowest BCUT2D eigenvalue weighted by Gasteiger charge is -2.37. The molecule has 0 aromatic heterocycles. The number of carboxylic acid groups (broad SMARTS) is 1. The fourth-order valence-electron chi connectivity index (χ4n) is 3.76. The number of carbonyl (C=O) groups excluding carboxylic acids is 1. The largest absolute Gasteiger partial charge is 0.481 e. The van der Waals surface area contributed by atoms with Gasteiger partial charge in [0.15, 0.2) is 0 Å². The highest BCUT2D eigenvalue weighted by Crippen LogP contribution is 2.37. The van der Waals surface area contributed by atoms with Crippen molar-refractivity contribution < 1.29 is 19.4 Å². The summed E-state index contributed by atoms with van der Waals surface area (Å²) >= 11 is 0. The lowest BCUT2D eigenvalue weighted by atomic mass is 9.73. The highest BCUT2D eigenvalue weighted by Gasteiger charge is 2.40. The van der Waals surface area contributed by atoms with E-state index in [4.69, 9.17) is 9.84 Å². The van der Waals surface area contributed by atoms with Crippen molar-refractivity contribution in [2.75, 3.05) is 13.7 Å². The maximum Gasteiger partial charge on any atom is 0.306 e. The van der Waals surface area contributed by atoms with Crippen LogP contribution in [0.3, 0.4) is 0 Å². The smallest absolute Gasteiger partial charge is 0.306 e. The number of hydrogen-bond acceptors (Lipinski definition) is 3. The molecule has 2 aliphatic rings. The molecule has 1 amide bonds. The van der Waals surface area contributed by atoms with Gasteiger partial charge < -0.3 is 15.2 Å². The number of ether oxygens (including phenoxy) is 1. The van der Waals surface area contributed by atoms with Crippen molar-refractivity contribution in [1.29, 1.82) is 0 Å². The van der Waals surface area contributed by atoms with Gasteiger partial charge in [0.1, 0.15) is 0 Å². The first-order chi connectivity index (χ1) is 10.1. The standard InChI is InChI=1S/C16H27NO4/c1-21-11-16(9-3-2-4-10-16)15(20)17-13-7-5-12(6-8-13)14(18)19/h12-13H,2-11H2,1H3,(H,17,20)(H,18,19). The van der Waals surface area contributed by atoms with Crippen LogP contribution >= 0.6 is 0 Å². The Bertz CT molecular complexity index is 363. The van der Waals surface area contributed by atoms with E-state index in [1.165, 1.54) is 6.42 Å². The molecular formula is C16H27NO4. The van der Waals surface area contributed by atoms with Gasteiger partial charge in [0.2, 0.25) is 5.91 Å². The number of carboxylic acids is 1. The van der Waals surface area contributed by atoms with Crippen LogP contribution < -0.4 is 5.32 Å². The van der Waals surface area contributed by atoms with Gasteiger partial charge in [0.25, 0.3) is 0 Å². The molecule has 0 atom stereocenters. The number of amides is 1. The molecule has 2 rings (SSSR count). The first-order valence-electron chi connectivity index (χ1n) is 8.10. The third-order valence-corrected chi connectivity index (χ3v) is 5.12. The molecule has 0 aromatic carbocycles. The van der Waals surface area contributed by atoms with E-state index in [2.05, 4.69) is 5.32 Å². The fraction of sp³-hybridized carbons (Fsp3) is 0.875. The van der Waals surface area contributed by atoms with E-state index >= 15 is 0 Å². The molecule has 0 unspecified atom stereocenters. The molecule has 0 heterocycles. The molecule has 0 saturated heterocycles. The molecular weight excluding hydrogens is 270 g/mol. The highest BCUT2D eigenvalue weighted by atomic mass is 16.5. The Hall–Kier alpha value is -1.10. The summed E-state index contributed by atoms with van der Waals surface area (Å²) < 4.78 is 5.30. The maximum absolute atomic E-state index is 12.7. The van der Waals surface area contributed by atoms with Gasteiger partial charge in [-0.3, -0.25) is 9.59 Å². The van der Waals surface area contributed by atoms with E-state index in [1.807, 2.05) is 0 Å². The van der Waals surface area contributed by atoms with E-state index in [-0.39, 0.29) is 23.3 Å². The molecule has 2 saturated carbocycles. The Morgan fingerprint density at radius 3 is 2.29 bits per heavy atom. The number of aliphatic carboxylic acids is 1. The van der Waals surface area contributed by atoms with Crippen LogP contribution in [0.25, 0.3) is 0 Å². The molecule has 5 nitrogen and oxygen atoms in total. The summed E-state index contributed by atoms with van der Waals surface area (Å²) in [5, 5.41) is 12.2. The van der Waals surface area contributed by atoms with E-state index < -0.39 is 5.97 Å². The number of rotatable bonds is 5. The quantitative estimate of drug-likeness (QED) is 0.816. The minimum Gasteiger partial charge on any atom is -0.481 e. The second-order valence-corrected chi connectivity index (χ2v) is 6.63. The Kier molecular flexibility index (Phi) is 5.62. The molecule has 2 N–H and O–H groups in total. The number of methoxy groups -OCH3 is 1. The van der Waals surface area contributed by atoms with Gasteiger partial charge in [-0.2, -0.15) is 0 Å². The van der Waals surface area contributed by atoms with Crippen molar-refractivity contribution in [3.05, 3.63) is 0 Å². The maximum atomic E-state index is 12.7. The van der Waals surface area contributed by atoms with Crippen molar-refractivity contribution in [2.45, 2.75) is 63.8 Å². The molecule has 5 heteroatoms. The van der Waals surface area contributed by atoms with Crippen LogP contribution in [-0.2, 0) is 14.3 Å². The molecule has 0 radical (unpaired) electrons. The lowest BCUT2D eigenvalue weighted by Crippen LogP contribution is -2.49. The Labute approximate surface area is 126 Å². The summed E-state index contributed by atoms with van der Waals surface area (Å²) in [6.45, 7) is 0.489. The van der Waals surface area contributed by atoms with Crippen LogP contribution in [0.1, 0.15) is 57.8 Å². The van der Waals surface area contributed by atoms with Crippen molar-refractivity contribution in [2.24, 2.45) is 11.3 Å². The summed E-state index contributed by atoms with van der Waals surface area (Å²) in [5.41, 5.74) is -0.364. The molecule has 0 aliphatic heterocycles. The fourth-order valence-corrected chi connectivity index (χ4v) is 3.76. The van der Waals surface area contributed by atoms with Crippen LogP contribution in [-0.4, -0.2) is 36.7 Å². The second-order valence-electron chi connectivity index (χ2n) is 6.63. The molecule has 0 aromatic rings. The van der Waals surface area contributed by atoms with Gasteiger partial charge >= 0.3 is 5.97 Å². The zero-order valence-electron chi connectivity index (χ0n) is 12.9. The van der Waals surface area contributed by atoms with Crippen molar-refractivity contribution in [1.82, 2.24) is 5.32 Å². The predicted molar refractivity (Wildman–Crippen MR) is 78.9 cm³/mol. The molecule has 21 heavy (non-hydrogen) atoms. The molecule has 2 fully saturated rings. The number of nitrogens with one attached hydrogen (secondary N) is 1. The van der Waals surface area contributed by atoms with Gasteiger partial charge in [-0.15, -0.1) is 0 Å². The van der Waals surface area contributed by atoms with Crippen LogP contribution in [0.2, 0.25) is 0 Å². The average Bonchev–Trinajstić information content (AvgIpc) is 2.49. The van der Waals surface area contributed by atoms with Gasteiger partial charge in [-0.1, -0.05) is 19.3 Å². The van der Waals surface area contributed by atoms with Gasteiger partial charge in [-0.25, -0.2) is 0 Å². The monoisotopic (exact) mass is 297 g/mol. The Balaban J connectivity index is 1.89. The van der Waals surface area contributed by atoms with Crippen LogP contribution in [0.15, 0.2) is 0 Å². The first-order valence-corrected chi connectivity index (χ1v) is 8.10. The van der Waals surface area contributed by atoms with Crippen LogP contribution in [0.4, 0.5) is 0 Å². The summed E-state index contributed by atoms with van der Waals surface area (Å²) in [4.78, 5) is 23.6. The molecule has 120 valence electrons. The number of hydrogen-bond donors (Lipinski definition) is 2. The number of carbonyl (C=O) groups is 2. The SMILES string of the molecule is COCC1(C(=O)NC2CCC(C(=O)O)CC2)CCCCC1. The molecule has 2 aliphatic carbocycles. The zero-order valence-corrected chi connectivity index (χ0v) is 12.9. The van der Waals surface area contributed by atoms with Gasteiger partial charge in [-0.05, 0) is 38.5 Å². The Morgan fingerprint density at radius 2 is 1.76 bits per heavy atom. The van der Waals surface area contributed by atoms with E-state index in [1.54, 1.807) is 7.11 Å². The van der Waals surface area contributed by atoms with Crippen molar-refractivity contribution in [3.63, 3.8) is 0 Å². The van der Waals surface area contributed by atoms with Crippen molar-refractivity contribution >= 4 is 11.9 Å². The van der Waals surface area contributed by atoms with E-state index in [0.29, 0.717) is 19.4 Å².